The average Bonchev–Trinajstić information content (AvgIpc) is 2.62. The fourth-order valence-corrected chi connectivity index (χ4v) is 3.31. The second-order valence-electron chi connectivity index (χ2n) is 6.32. The number of piperazine rings is 1. The molecule has 1 amide bonds. The molecule has 0 radical (unpaired) electrons. The van der Waals surface area contributed by atoms with Gasteiger partial charge in [0.15, 0.2) is 0 Å². The number of hydrogen-bond donors (Lipinski definition) is 1. The van der Waals surface area contributed by atoms with Crippen molar-refractivity contribution < 1.29 is 9.72 Å². The van der Waals surface area contributed by atoms with Gasteiger partial charge >= 0.3 is 0 Å². The van der Waals surface area contributed by atoms with Crippen molar-refractivity contribution in [1.82, 2.24) is 4.90 Å². The zero-order valence-corrected chi connectivity index (χ0v) is 16.1. The molecule has 1 saturated heterocycles. The molecule has 3 rings (SSSR count). The Bertz CT molecular complexity index is 883. The van der Waals surface area contributed by atoms with Crippen LogP contribution >= 0.6 is 23.2 Å². The Kier molecular flexibility index (Phi) is 5.84. The molecule has 0 saturated carbocycles. The predicted octanol–water partition coefficient (Wildman–Crippen LogP) is 3.91. The lowest BCUT2D eigenvalue weighted by Gasteiger charge is -2.35. The Morgan fingerprint density at radius 1 is 1.07 bits per heavy atom. The lowest BCUT2D eigenvalue weighted by molar-refractivity contribution is -0.385. The highest BCUT2D eigenvalue weighted by molar-refractivity contribution is 6.31. The lowest BCUT2D eigenvalue weighted by Crippen LogP contribution is -2.44. The first kappa shape index (κ1) is 19.4. The van der Waals surface area contributed by atoms with Crippen molar-refractivity contribution in [2.75, 3.05) is 43.4 Å². The summed E-state index contributed by atoms with van der Waals surface area (Å²) >= 11 is 11.9. The largest absolute Gasteiger partial charge is 0.367 e. The number of nitrogens with one attached hydrogen (secondary N) is 1. The third kappa shape index (κ3) is 4.50. The van der Waals surface area contributed by atoms with Gasteiger partial charge in [-0.2, -0.15) is 0 Å². The lowest BCUT2D eigenvalue weighted by atomic mass is 10.1. The van der Waals surface area contributed by atoms with Gasteiger partial charge in [0.05, 0.1) is 16.3 Å². The molecular weight excluding hydrogens is 391 g/mol. The number of benzene rings is 2. The van der Waals surface area contributed by atoms with Crippen molar-refractivity contribution in [3.05, 3.63) is 62.1 Å². The number of amides is 1. The van der Waals surface area contributed by atoms with Crippen LogP contribution in [0, 0.1) is 10.1 Å². The summed E-state index contributed by atoms with van der Waals surface area (Å²) in [5, 5.41) is 14.7. The maximum absolute atomic E-state index is 12.7. The van der Waals surface area contributed by atoms with E-state index in [0.717, 1.165) is 37.9 Å². The van der Waals surface area contributed by atoms with Crippen LogP contribution in [0.2, 0.25) is 10.0 Å². The van der Waals surface area contributed by atoms with Gasteiger partial charge in [0.1, 0.15) is 5.56 Å². The van der Waals surface area contributed by atoms with Crippen LogP contribution < -0.4 is 10.2 Å². The fourth-order valence-electron chi connectivity index (χ4n) is 2.97. The van der Waals surface area contributed by atoms with Crippen LogP contribution in [0.4, 0.5) is 17.1 Å². The van der Waals surface area contributed by atoms with Gasteiger partial charge in [0.2, 0.25) is 0 Å². The summed E-state index contributed by atoms with van der Waals surface area (Å²) in [6.45, 7) is 3.42. The zero-order chi connectivity index (χ0) is 19.6. The maximum Gasteiger partial charge on any atom is 0.283 e. The third-order valence-electron chi connectivity index (χ3n) is 4.45. The second-order valence-corrected chi connectivity index (χ2v) is 7.20. The van der Waals surface area contributed by atoms with Gasteiger partial charge in [-0.3, -0.25) is 14.9 Å². The number of nitrogens with zero attached hydrogens (tertiary/aromatic N) is 3. The normalized spacial score (nSPS) is 14.9. The molecule has 27 heavy (non-hydrogen) atoms. The summed E-state index contributed by atoms with van der Waals surface area (Å²) in [7, 11) is 2.06. The summed E-state index contributed by atoms with van der Waals surface area (Å²) in [4.78, 5) is 27.7. The van der Waals surface area contributed by atoms with Gasteiger partial charge in [0.25, 0.3) is 11.6 Å². The Labute approximate surface area is 166 Å². The van der Waals surface area contributed by atoms with Gasteiger partial charge in [-0.15, -0.1) is 0 Å². The standard InChI is InChI=1S/C18H18Cl2N4O3/c1-22-6-8-23(9-7-22)16-5-3-12(19)10-15(16)21-18(25)14-4-2-13(20)11-17(14)24(26)27/h2-5,10-11H,6-9H2,1H3,(H,21,25). The summed E-state index contributed by atoms with van der Waals surface area (Å²) in [6.07, 6.45) is 0. The fraction of sp³-hybridized carbons (Fsp3) is 0.278. The molecule has 7 nitrogen and oxygen atoms in total. The van der Waals surface area contributed by atoms with E-state index in [9.17, 15) is 14.9 Å². The van der Waals surface area contributed by atoms with Gasteiger partial charge in [-0.1, -0.05) is 23.2 Å². The summed E-state index contributed by atoms with van der Waals surface area (Å²) in [5.41, 5.74) is 0.940. The first-order chi connectivity index (χ1) is 12.8. The number of halogens is 2. The van der Waals surface area contributed by atoms with Crippen molar-refractivity contribution in [3.8, 4) is 0 Å². The Morgan fingerprint density at radius 2 is 1.70 bits per heavy atom. The zero-order valence-electron chi connectivity index (χ0n) is 14.6. The number of hydrogen-bond acceptors (Lipinski definition) is 5. The van der Waals surface area contributed by atoms with Crippen LogP contribution in [0.15, 0.2) is 36.4 Å². The van der Waals surface area contributed by atoms with Crippen LogP contribution in [-0.4, -0.2) is 49.0 Å². The summed E-state index contributed by atoms with van der Waals surface area (Å²) < 4.78 is 0. The Morgan fingerprint density at radius 3 is 2.37 bits per heavy atom. The summed E-state index contributed by atoms with van der Waals surface area (Å²) in [5.74, 6) is -0.587. The monoisotopic (exact) mass is 408 g/mol. The minimum atomic E-state index is -0.625. The van der Waals surface area contributed by atoms with E-state index in [1.54, 1.807) is 12.1 Å². The van der Waals surface area contributed by atoms with E-state index in [0.29, 0.717) is 10.7 Å². The molecule has 1 heterocycles. The molecule has 1 fully saturated rings. The number of carbonyl (C=O) groups excluding carboxylic acids is 1. The first-order valence-corrected chi connectivity index (χ1v) is 9.09. The first-order valence-electron chi connectivity index (χ1n) is 8.33. The van der Waals surface area contributed by atoms with Crippen LogP contribution in [0.3, 0.4) is 0 Å². The van der Waals surface area contributed by atoms with Crippen molar-refractivity contribution in [1.29, 1.82) is 0 Å². The summed E-state index contributed by atoms with van der Waals surface area (Å²) in [6, 6.07) is 9.21. The smallest absolute Gasteiger partial charge is 0.283 e. The van der Waals surface area contributed by atoms with Gasteiger partial charge in [-0.05, 0) is 37.4 Å². The van der Waals surface area contributed by atoms with Crippen LogP contribution in [0.5, 0.6) is 0 Å². The number of rotatable bonds is 4. The van der Waals surface area contributed by atoms with Crippen LogP contribution in [0.25, 0.3) is 0 Å². The number of anilines is 2. The van der Waals surface area contributed by atoms with Crippen LogP contribution in [0.1, 0.15) is 10.4 Å². The Balaban J connectivity index is 1.90. The highest BCUT2D eigenvalue weighted by Gasteiger charge is 2.23. The maximum atomic E-state index is 12.7. The molecule has 9 heteroatoms. The van der Waals surface area contributed by atoms with Gasteiger partial charge < -0.3 is 15.1 Å². The molecule has 0 aliphatic carbocycles. The third-order valence-corrected chi connectivity index (χ3v) is 4.92. The number of nitro groups is 1. The van der Waals surface area contributed by atoms with E-state index in [1.165, 1.54) is 12.1 Å². The molecule has 0 atom stereocenters. The van der Waals surface area contributed by atoms with E-state index in [1.807, 2.05) is 6.07 Å². The molecule has 1 N–H and O–H groups in total. The molecule has 0 bridgehead atoms. The average molecular weight is 409 g/mol. The molecular formula is C18H18Cl2N4O3. The van der Waals surface area contributed by atoms with E-state index in [2.05, 4.69) is 22.2 Å². The highest BCUT2D eigenvalue weighted by Crippen LogP contribution is 2.31. The van der Waals surface area contributed by atoms with Crippen molar-refractivity contribution in [2.45, 2.75) is 0 Å². The molecule has 1 aliphatic rings. The number of carbonyl (C=O) groups is 1. The Hall–Kier alpha value is -2.35. The van der Waals surface area contributed by atoms with E-state index in [-0.39, 0.29) is 16.3 Å². The second kappa shape index (κ2) is 8.12. The van der Waals surface area contributed by atoms with Crippen LogP contribution in [-0.2, 0) is 0 Å². The molecule has 2 aromatic carbocycles. The molecule has 0 spiro atoms. The minimum Gasteiger partial charge on any atom is -0.367 e. The van der Waals surface area contributed by atoms with Gasteiger partial charge in [0, 0.05) is 42.3 Å². The van der Waals surface area contributed by atoms with E-state index < -0.39 is 10.8 Å². The molecule has 1 aliphatic heterocycles. The topological polar surface area (TPSA) is 78.7 Å². The molecule has 0 aromatic heterocycles. The molecule has 142 valence electrons. The molecule has 2 aromatic rings. The number of likely N-dealkylation sites (N-methyl/N-ethyl adjacent to an activating group) is 1. The van der Waals surface area contributed by atoms with Crippen molar-refractivity contribution >= 4 is 46.2 Å². The van der Waals surface area contributed by atoms with Gasteiger partial charge in [-0.25, -0.2) is 0 Å². The SMILES string of the molecule is CN1CCN(c2ccc(Cl)cc2NC(=O)c2ccc(Cl)cc2[N+](=O)[O-])CC1. The minimum absolute atomic E-state index is 0.0614. The highest BCUT2D eigenvalue weighted by atomic mass is 35.5. The van der Waals surface area contributed by atoms with E-state index in [4.69, 9.17) is 23.2 Å². The predicted molar refractivity (Wildman–Crippen MR) is 107 cm³/mol. The van der Waals surface area contributed by atoms with Crippen molar-refractivity contribution in [2.24, 2.45) is 0 Å². The number of nitro benzene ring substituents is 1. The molecule has 0 unspecified atom stereocenters. The van der Waals surface area contributed by atoms with Crippen molar-refractivity contribution in [3.63, 3.8) is 0 Å². The van der Waals surface area contributed by atoms with E-state index >= 15 is 0 Å². The quantitative estimate of drug-likeness (QED) is 0.612.